The Balaban J connectivity index is 2.62. The molecule has 3 nitrogen and oxygen atoms in total. The molecule has 0 saturated carbocycles. The summed E-state index contributed by atoms with van der Waals surface area (Å²) in [6.45, 7) is 0.329. The second-order valence-electron chi connectivity index (χ2n) is 3.56. The number of methoxy groups -OCH3 is 1. The van der Waals surface area contributed by atoms with Gasteiger partial charge in [0.2, 0.25) is 0 Å². The third kappa shape index (κ3) is 2.26. The van der Waals surface area contributed by atoms with Crippen molar-refractivity contribution in [1.29, 1.82) is 0 Å². The lowest BCUT2D eigenvalue weighted by molar-refractivity contribution is 0.414. The van der Waals surface area contributed by atoms with E-state index in [0.29, 0.717) is 23.6 Å². The predicted octanol–water partition coefficient (Wildman–Crippen LogP) is 2.35. The van der Waals surface area contributed by atoms with Crippen LogP contribution in [0.2, 0.25) is 0 Å². The molecule has 0 atom stereocenters. The lowest BCUT2D eigenvalue weighted by atomic mass is 10.0. The number of nitrogens with zero attached hydrogens (tertiary/aromatic N) is 1. The monoisotopic (exact) mass is 232 g/mol. The number of aromatic nitrogens is 1. The summed E-state index contributed by atoms with van der Waals surface area (Å²) < 4.78 is 18.5. The Kier molecular flexibility index (Phi) is 3.35. The molecule has 0 amide bonds. The lowest BCUT2D eigenvalue weighted by Gasteiger charge is -2.10. The SMILES string of the molecule is COc1cccnc1-c1cc(F)ccc1CN. The standard InChI is InChI=1S/C13H13FN2O/c1-17-12-3-2-6-16-13(12)11-7-10(14)5-4-9(11)8-15/h2-7H,8,15H2,1H3. The smallest absolute Gasteiger partial charge is 0.145 e. The maximum Gasteiger partial charge on any atom is 0.145 e. The maximum absolute atomic E-state index is 13.3. The van der Waals surface area contributed by atoms with Gasteiger partial charge in [-0.3, -0.25) is 4.98 Å². The van der Waals surface area contributed by atoms with Crippen molar-refractivity contribution in [2.75, 3.05) is 7.11 Å². The molecular formula is C13H13FN2O. The summed E-state index contributed by atoms with van der Waals surface area (Å²) in [6.07, 6.45) is 1.64. The number of nitrogens with two attached hydrogens (primary N) is 1. The van der Waals surface area contributed by atoms with E-state index in [9.17, 15) is 4.39 Å². The van der Waals surface area contributed by atoms with Gasteiger partial charge < -0.3 is 10.5 Å². The second kappa shape index (κ2) is 4.93. The van der Waals surface area contributed by atoms with Gasteiger partial charge in [0.05, 0.1) is 7.11 Å². The molecule has 1 aromatic carbocycles. The quantitative estimate of drug-likeness (QED) is 0.883. The highest BCUT2D eigenvalue weighted by molar-refractivity contribution is 5.69. The van der Waals surface area contributed by atoms with Crippen molar-refractivity contribution in [3.8, 4) is 17.0 Å². The van der Waals surface area contributed by atoms with Crippen LogP contribution in [0.5, 0.6) is 5.75 Å². The molecule has 2 rings (SSSR count). The summed E-state index contributed by atoms with van der Waals surface area (Å²) in [5, 5.41) is 0. The zero-order valence-electron chi connectivity index (χ0n) is 9.48. The fourth-order valence-corrected chi connectivity index (χ4v) is 1.70. The van der Waals surface area contributed by atoms with E-state index in [1.807, 2.05) is 0 Å². The topological polar surface area (TPSA) is 48.1 Å². The maximum atomic E-state index is 13.3. The first-order valence-electron chi connectivity index (χ1n) is 5.24. The van der Waals surface area contributed by atoms with Crippen LogP contribution in [-0.4, -0.2) is 12.1 Å². The Hall–Kier alpha value is -1.94. The van der Waals surface area contributed by atoms with Gasteiger partial charge in [-0.2, -0.15) is 0 Å². The molecule has 88 valence electrons. The predicted molar refractivity (Wildman–Crippen MR) is 64.1 cm³/mol. The minimum absolute atomic E-state index is 0.315. The van der Waals surface area contributed by atoms with Crippen molar-refractivity contribution in [2.24, 2.45) is 5.73 Å². The highest BCUT2D eigenvalue weighted by atomic mass is 19.1. The Labute approximate surface area is 99.1 Å². The molecule has 0 unspecified atom stereocenters. The molecule has 2 aromatic rings. The van der Waals surface area contributed by atoms with E-state index in [1.54, 1.807) is 31.5 Å². The summed E-state index contributed by atoms with van der Waals surface area (Å²) >= 11 is 0. The molecular weight excluding hydrogens is 219 g/mol. The lowest BCUT2D eigenvalue weighted by Crippen LogP contribution is -2.01. The van der Waals surface area contributed by atoms with Crippen molar-refractivity contribution >= 4 is 0 Å². The normalized spacial score (nSPS) is 10.3. The van der Waals surface area contributed by atoms with Gasteiger partial charge in [0, 0.05) is 18.3 Å². The van der Waals surface area contributed by atoms with Crippen LogP contribution in [0.3, 0.4) is 0 Å². The minimum Gasteiger partial charge on any atom is -0.494 e. The van der Waals surface area contributed by atoms with Crippen LogP contribution in [0, 0.1) is 5.82 Å². The second-order valence-corrected chi connectivity index (χ2v) is 3.56. The van der Waals surface area contributed by atoms with Crippen LogP contribution in [0.15, 0.2) is 36.5 Å². The van der Waals surface area contributed by atoms with E-state index in [1.165, 1.54) is 12.1 Å². The fraction of sp³-hybridized carbons (Fsp3) is 0.154. The highest BCUT2D eigenvalue weighted by Gasteiger charge is 2.11. The minimum atomic E-state index is -0.315. The van der Waals surface area contributed by atoms with E-state index in [4.69, 9.17) is 10.5 Å². The summed E-state index contributed by atoms with van der Waals surface area (Å²) in [7, 11) is 1.56. The molecule has 0 aliphatic carbocycles. The molecule has 1 aromatic heterocycles. The molecule has 1 heterocycles. The number of rotatable bonds is 3. The highest BCUT2D eigenvalue weighted by Crippen LogP contribution is 2.30. The van der Waals surface area contributed by atoms with Gasteiger partial charge in [-0.15, -0.1) is 0 Å². The van der Waals surface area contributed by atoms with Gasteiger partial charge in [0.1, 0.15) is 17.3 Å². The van der Waals surface area contributed by atoms with Crippen LogP contribution in [0.25, 0.3) is 11.3 Å². The van der Waals surface area contributed by atoms with E-state index < -0.39 is 0 Å². The number of benzene rings is 1. The summed E-state index contributed by atoms with van der Waals surface area (Å²) in [4.78, 5) is 4.22. The fourth-order valence-electron chi connectivity index (χ4n) is 1.70. The molecule has 4 heteroatoms. The van der Waals surface area contributed by atoms with Crippen LogP contribution in [0.1, 0.15) is 5.56 Å². The van der Waals surface area contributed by atoms with Crippen molar-refractivity contribution in [3.05, 3.63) is 47.9 Å². The summed E-state index contributed by atoms with van der Waals surface area (Å²) in [6, 6.07) is 8.03. The molecule has 0 aliphatic heterocycles. The number of halogens is 1. The summed E-state index contributed by atoms with van der Waals surface area (Å²) in [5.74, 6) is 0.290. The van der Waals surface area contributed by atoms with Gasteiger partial charge in [0.15, 0.2) is 0 Å². The van der Waals surface area contributed by atoms with Crippen molar-refractivity contribution in [3.63, 3.8) is 0 Å². The number of pyridine rings is 1. The number of ether oxygens (including phenoxy) is 1. The molecule has 0 bridgehead atoms. The number of hydrogen-bond acceptors (Lipinski definition) is 3. The van der Waals surface area contributed by atoms with Gasteiger partial charge in [-0.25, -0.2) is 4.39 Å². The summed E-state index contributed by atoms with van der Waals surface area (Å²) in [5.41, 5.74) is 7.75. The van der Waals surface area contributed by atoms with E-state index in [-0.39, 0.29) is 5.82 Å². The Morgan fingerprint density at radius 3 is 2.88 bits per heavy atom. The van der Waals surface area contributed by atoms with Crippen molar-refractivity contribution in [1.82, 2.24) is 4.98 Å². The van der Waals surface area contributed by atoms with Crippen molar-refractivity contribution < 1.29 is 9.13 Å². The molecule has 0 fully saturated rings. The van der Waals surface area contributed by atoms with Gasteiger partial charge in [0.25, 0.3) is 0 Å². The molecule has 0 spiro atoms. The molecule has 0 saturated heterocycles. The molecule has 17 heavy (non-hydrogen) atoms. The van der Waals surface area contributed by atoms with Crippen LogP contribution >= 0.6 is 0 Å². The molecule has 0 radical (unpaired) electrons. The van der Waals surface area contributed by atoms with E-state index in [2.05, 4.69) is 4.98 Å². The third-order valence-corrected chi connectivity index (χ3v) is 2.54. The van der Waals surface area contributed by atoms with E-state index >= 15 is 0 Å². The van der Waals surface area contributed by atoms with Crippen LogP contribution in [0.4, 0.5) is 4.39 Å². The van der Waals surface area contributed by atoms with Crippen LogP contribution in [-0.2, 0) is 6.54 Å². The zero-order chi connectivity index (χ0) is 12.3. The van der Waals surface area contributed by atoms with E-state index in [0.717, 1.165) is 5.56 Å². The molecule has 0 aliphatic rings. The number of hydrogen-bond donors (Lipinski definition) is 1. The first-order valence-corrected chi connectivity index (χ1v) is 5.24. The Morgan fingerprint density at radius 2 is 2.18 bits per heavy atom. The first-order chi connectivity index (χ1) is 8.26. The first kappa shape index (κ1) is 11.5. The van der Waals surface area contributed by atoms with Gasteiger partial charge >= 0.3 is 0 Å². The van der Waals surface area contributed by atoms with Crippen molar-refractivity contribution in [2.45, 2.75) is 6.54 Å². The Bertz CT molecular complexity index is 529. The Morgan fingerprint density at radius 1 is 1.35 bits per heavy atom. The average Bonchev–Trinajstić information content (AvgIpc) is 2.38. The third-order valence-electron chi connectivity index (χ3n) is 2.54. The van der Waals surface area contributed by atoms with Gasteiger partial charge in [-0.05, 0) is 29.8 Å². The molecule has 2 N–H and O–H groups in total. The van der Waals surface area contributed by atoms with Crippen LogP contribution < -0.4 is 10.5 Å². The largest absolute Gasteiger partial charge is 0.494 e. The average molecular weight is 232 g/mol. The van der Waals surface area contributed by atoms with Gasteiger partial charge in [-0.1, -0.05) is 6.07 Å². The zero-order valence-corrected chi connectivity index (χ0v) is 9.48.